The first-order valence-corrected chi connectivity index (χ1v) is 6.83. The third kappa shape index (κ3) is 1.48. The maximum Gasteiger partial charge on any atom is 0.244 e. The highest BCUT2D eigenvalue weighted by Gasteiger charge is 2.72. The van der Waals surface area contributed by atoms with Gasteiger partial charge in [-0.3, -0.25) is 14.5 Å². The van der Waals surface area contributed by atoms with Crippen molar-refractivity contribution < 1.29 is 14.3 Å². The first kappa shape index (κ1) is 12.3. The zero-order valence-electron chi connectivity index (χ0n) is 11.4. The predicted molar refractivity (Wildman–Crippen MR) is 76.9 cm³/mol. The number of hydrogen-bond donors (Lipinski definition) is 0. The van der Waals surface area contributed by atoms with Crippen molar-refractivity contribution in [2.75, 3.05) is 4.90 Å². The van der Waals surface area contributed by atoms with Crippen LogP contribution >= 0.6 is 0 Å². The van der Waals surface area contributed by atoms with Crippen LogP contribution in [-0.4, -0.2) is 17.4 Å². The number of carbonyl (C=O) groups is 2. The van der Waals surface area contributed by atoms with Crippen LogP contribution in [0.2, 0.25) is 0 Å². The van der Waals surface area contributed by atoms with Crippen molar-refractivity contribution in [1.82, 2.24) is 0 Å². The van der Waals surface area contributed by atoms with E-state index in [1.54, 1.807) is 18.2 Å². The van der Waals surface area contributed by atoms with Gasteiger partial charge in [-0.2, -0.15) is 0 Å². The van der Waals surface area contributed by atoms with Crippen molar-refractivity contribution in [3.05, 3.63) is 65.7 Å². The van der Waals surface area contributed by atoms with Gasteiger partial charge in [0.2, 0.25) is 17.4 Å². The Kier molecular flexibility index (Phi) is 2.35. The van der Waals surface area contributed by atoms with Gasteiger partial charge in [-0.05, 0) is 17.7 Å². The molecule has 2 aliphatic heterocycles. The number of rotatable bonds is 1. The van der Waals surface area contributed by atoms with Gasteiger partial charge in [0, 0.05) is 12.5 Å². The first-order valence-electron chi connectivity index (χ1n) is 6.83. The Bertz CT molecular complexity index is 756. The number of nitrogens with zero attached hydrogens (tertiary/aromatic N) is 1. The molecule has 4 heteroatoms. The van der Waals surface area contributed by atoms with Crippen LogP contribution in [0.25, 0.3) is 0 Å². The van der Waals surface area contributed by atoms with Gasteiger partial charge in [0.05, 0.1) is 5.69 Å². The fourth-order valence-corrected chi connectivity index (χ4v) is 3.15. The van der Waals surface area contributed by atoms with E-state index in [2.05, 4.69) is 0 Å². The molecule has 2 aliphatic rings. The van der Waals surface area contributed by atoms with Gasteiger partial charge < -0.3 is 4.74 Å². The molecule has 0 radical (unpaired) electrons. The molecule has 0 unspecified atom stereocenters. The van der Waals surface area contributed by atoms with Crippen LogP contribution in [0.3, 0.4) is 0 Å². The summed E-state index contributed by atoms with van der Waals surface area (Å²) >= 11 is 0. The summed E-state index contributed by atoms with van der Waals surface area (Å²) in [5.74, 6) is -0.325. The van der Waals surface area contributed by atoms with Crippen molar-refractivity contribution >= 4 is 17.4 Å². The van der Waals surface area contributed by atoms with Gasteiger partial charge in [-0.15, -0.1) is 0 Å². The molecule has 1 saturated heterocycles. The van der Waals surface area contributed by atoms with Crippen molar-refractivity contribution in [3.8, 4) is 0 Å². The summed E-state index contributed by atoms with van der Waals surface area (Å²) in [6.45, 7) is 1.46. The number of Topliss-reactive ketones (excluding diaryl/α,β-unsaturated/α-hetero) is 1. The highest BCUT2D eigenvalue weighted by molar-refractivity contribution is 6.21. The van der Waals surface area contributed by atoms with Crippen LogP contribution in [0.1, 0.15) is 28.9 Å². The lowest BCUT2D eigenvalue weighted by Gasteiger charge is -2.20. The molecule has 104 valence electrons. The fourth-order valence-electron chi connectivity index (χ4n) is 3.15. The van der Waals surface area contributed by atoms with Crippen LogP contribution in [0.5, 0.6) is 0 Å². The third-order valence-electron chi connectivity index (χ3n) is 4.06. The summed E-state index contributed by atoms with van der Waals surface area (Å²) in [5.41, 5.74) is 0.904. The summed E-state index contributed by atoms with van der Waals surface area (Å²) in [5, 5.41) is 0. The number of epoxide rings is 1. The largest absolute Gasteiger partial charge is 0.332 e. The minimum Gasteiger partial charge on any atom is -0.332 e. The molecule has 1 spiro atoms. The Morgan fingerprint density at radius 2 is 1.76 bits per heavy atom. The Morgan fingerprint density at radius 3 is 2.48 bits per heavy atom. The summed E-state index contributed by atoms with van der Waals surface area (Å²) in [6, 6.07) is 16.7. The van der Waals surface area contributed by atoms with Crippen LogP contribution < -0.4 is 4.90 Å². The standard InChI is InChI=1S/C17H13NO3/c1-11(19)18-14-10-6-5-9-13(14)15(20)17(18)16(21-17)12-7-3-2-4-8-12/h2-10,16H,1H3/t16-,17+/m0/s1. The van der Waals surface area contributed by atoms with E-state index in [-0.39, 0.29) is 11.7 Å². The van der Waals surface area contributed by atoms with Crippen molar-refractivity contribution in [2.24, 2.45) is 0 Å². The zero-order valence-corrected chi connectivity index (χ0v) is 11.4. The topological polar surface area (TPSA) is 49.9 Å². The number of para-hydroxylation sites is 1. The molecule has 1 fully saturated rings. The summed E-state index contributed by atoms with van der Waals surface area (Å²) in [6.07, 6.45) is -0.400. The molecule has 0 N–H and O–H groups in total. The van der Waals surface area contributed by atoms with E-state index in [1.165, 1.54) is 11.8 Å². The van der Waals surface area contributed by atoms with Crippen LogP contribution in [-0.2, 0) is 9.53 Å². The molecule has 2 heterocycles. The van der Waals surface area contributed by atoms with Gasteiger partial charge >= 0.3 is 0 Å². The molecule has 0 saturated carbocycles. The Hall–Kier alpha value is -2.46. The monoisotopic (exact) mass is 279 g/mol. The smallest absolute Gasteiger partial charge is 0.244 e. The molecule has 21 heavy (non-hydrogen) atoms. The maximum atomic E-state index is 12.8. The summed E-state index contributed by atoms with van der Waals surface area (Å²) in [4.78, 5) is 26.3. The SMILES string of the molecule is CC(=O)N1c2ccccc2C(=O)[C@]12O[C@H]2c1ccccc1. The van der Waals surface area contributed by atoms with Crippen molar-refractivity contribution in [3.63, 3.8) is 0 Å². The summed E-state index contributed by atoms with van der Waals surface area (Å²) in [7, 11) is 0. The Morgan fingerprint density at radius 1 is 1.10 bits per heavy atom. The van der Waals surface area contributed by atoms with Gasteiger partial charge in [0.15, 0.2) is 0 Å². The van der Waals surface area contributed by atoms with E-state index in [9.17, 15) is 9.59 Å². The minimum absolute atomic E-state index is 0.137. The van der Waals surface area contributed by atoms with E-state index in [4.69, 9.17) is 4.74 Å². The number of fused-ring (bicyclic) bond motifs is 1. The number of ketones is 1. The average molecular weight is 279 g/mol. The molecule has 2 aromatic rings. The second-order valence-electron chi connectivity index (χ2n) is 5.31. The summed E-state index contributed by atoms with van der Waals surface area (Å²) < 4.78 is 5.78. The van der Waals surface area contributed by atoms with Gasteiger partial charge in [-0.1, -0.05) is 42.5 Å². The van der Waals surface area contributed by atoms with Crippen molar-refractivity contribution in [1.29, 1.82) is 0 Å². The number of amides is 1. The average Bonchev–Trinajstić information content (AvgIpc) is 3.18. The fraction of sp³-hybridized carbons (Fsp3) is 0.176. The third-order valence-corrected chi connectivity index (χ3v) is 4.06. The molecule has 4 nitrogen and oxygen atoms in total. The van der Waals surface area contributed by atoms with E-state index in [0.29, 0.717) is 11.3 Å². The number of anilines is 1. The molecule has 4 rings (SSSR count). The molecule has 0 aliphatic carbocycles. The van der Waals surface area contributed by atoms with E-state index in [1.807, 2.05) is 36.4 Å². The molecular formula is C17H13NO3. The van der Waals surface area contributed by atoms with Crippen LogP contribution in [0.4, 0.5) is 5.69 Å². The Labute approximate surface area is 121 Å². The number of benzene rings is 2. The number of hydrogen-bond acceptors (Lipinski definition) is 3. The minimum atomic E-state index is -1.18. The quantitative estimate of drug-likeness (QED) is 0.754. The molecule has 0 aromatic heterocycles. The van der Waals surface area contributed by atoms with Crippen molar-refractivity contribution in [2.45, 2.75) is 18.8 Å². The number of ether oxygens (including phenoxy) is 1. The highest BCUT2D eigenvalue weighted by Crippen LogP contribution is 2.59. The molecule has 0 bridgehead atoms. The normalized spacial score (nSPS) is 26.0. The lowest BCUT2D eigenvalue weighted by atomic mass is 10.0. The number of carbonyl (C=O) groups excluding carboxylic acids is 2. The second kappa shape index (κ2) is 4.02. The van der Waals surface area contributed by atoms with E-state index >= 15 is 0 Å². The van der Waals surface area contributed by atoms with E-state index in [0.717, 1.165) is 5.56 Å². The van der Waals surface area contributed by atoms with E-state index < -0.39 is 11.8 Å². The first-order chi connectivity index (χ1) is 10.2. The lowest BCUT2D eigenvalue weighted by Crippen LogP contribution is -2.43. The second-order valence-corrected chi connectivity index (χ2v) is 5.31. The lowest BCUT2D eigenvalue weighted by molar-refractivity contribution is -0.117. The van der Waals surface area contributed by atoms with Gasteiger partial charge in [0.25, 0.3) is 0 Å². The predicted octanol–water partition coefficient (Wildman–Crippen LogP) is 2.70. The molecular weight excluding hydrogens is 266 g/mol. The van der Waals surface area contributed by atoms with Crippen LogP contribution in [0.15, 0.2) is 54.6 Å². The van der Waals surface area contributed by atoms with Crippen LogP contribution in [0, 0.1) is 0 Å². The molecule has 1 amide bonds. The van der Waals surface area contributed by atoms with Gasteiger partial charge in [-0.25, -0.2) is 0 Å². The van der Waals surface area contributed by atoms with Gasteiger partial charge in [0.1, 0.15) is 6.10 Å². The molecule has 2 atom stereocenters. The zero-order chi connectivity index (χ0) is 14.6. The maximum absolute atomic E-state index is 12.8. The Balaban J connectivity index is 1.84. The molecule has 2 aromatic carbocycles. The highest BCUT2D eigenvalue weighted by atomic mass is 16.6.